The van der Waals surface area contributed by atoms with Crippen LogP contribution in [0.25, 0.3) is 21.3 Å². The largest absolute Gasteiger partial charge is 0.392 e. The first-order valence-electron chi connectivity index (χ1n) is 8.46. The predicted octanol–water partition coefficient (Wildman–Crippen LogP) is 5.81. The van der Waals surface area contributed by atoms with E-state index in [1.165, 1.54) is 12.1 Å². The summed E-state index contributed by atoms with van der Waals surface area (Å²) in [5.74, 6) is 0.220. The van der Waals surface area contributed by atoms with Crippen LogP contribution in [0.1, 0.15) is 49.4 Å². The first-order valence-corrected chi connectivity index (χ1v) is 9.34. The van der Waals surface area contributed by atoms with Crippen LogP contribution in [0.3, 0.4) is 0 Å². The number of thiophene rings is 1. The maximum Gasteiger partial charge on any atom is 0.124 e. The molecule has 24 heavy (non-hydrogen) atoms. The number of aliphatic hydroxyl groups excluding tert-OH is 1. The van der Waals surface area contributed by atoms with Crippen LogP contribution in [0.2, 0.25) is 0 Å². The maximum atomic E-state index is 13.3. The van der Waals surface area contributed by atoms with Crippen molar-refractivity contribution in [1.82, 2.24) is 4.98 Å². The molecule has 4 heteroatoms. The highest BCUT2D eigenvalue weighted by atomic mass is 32.1. The van der Waals surface area contributed by atoms with Gasteiger partial charge in [-0.25, -0.2) is 9.37 Å². The molecule has 2 aromatic heterocycles. The number of nitrogens with zero attached hydrogens (tertiary/aromatic N) is 1. The normalized spacial score (nSPS) is 13.7. The van der Waals surface area contributed by atoms with Crippen LogP contribution in [-0.2, 0) is 6.61 Å². The molecular weight excluding hydrogens is 321 g/mol. The van der Waals surface area contributed by atoms with Gasteiger partial charge in [0.1, 0.15) is 10.6 Å². The first kappa shape index (κ1) is 17.1. The Hall–Kier alpha value is -1.78. The van der Waals surface area contributed by atoms with Crippen LogP contribution < -0.4 is 0 Å². The minimum absolute atomic E-state index is 0.0310. The zero-order chi connectivity index (χ0) is 17.3. The highest BCUT2D eigenvalue weighted by Gasteiger charge is 2.30. The minimum atomic E-state index is -0.246. The monoisotopic (exact) mass is 343 g/mol. The Morgan fingerprint density at radius 3 is 2.46 bits per heavy atom. The summed E-state index contributed by atoms with van der Waals surface area (Å²) in [4.78, 5) is 5.83. The standard InChI is InChI=1S/C18H16FNOS.C2H6/c1-10-9-22-18-15(10)16(11-4-6-13(19)7-5-11)14(8-21)17(20-18)12-2-3-12;1-2/h4-7,9,12,21H,2-3,8H2,1H3;1-2H3. The Morgan fingerprint density at radius 1 is 1.21 bits per heavy atom. The lowest BCUT2D eigenvalue weighted by Crippen LogP contribution is -2.01. The van der Waals surface area contributed by atoms with Crippen LogP contribution in [0.4, 0.5) is 4.39 Å². The SMILES string of the molecule is CC.Cc1csc2nc(C3CC3)c(CO)c(-c3ccc(F)cc3)c12. The van der Waals surface area contributed by atoms with Crippen molar-refractivity contribution in [3.05, 3.63) is 52.3 Å². The number of rotatable bonds is 3. The van der Waals surface area contributed by atoms with Gasteiger partial charge in [0, 0.05) is 16.9 Å². The summed E-state index contributed by atoms with van der Waals surface area (Å²) in [6.07, 6.45) is 2.28. The number of fused-ring (bicyclic) bond motifs is 1. The Labute approximate surface area is 146 Å². The fourth-order valence-corrected chi connectivity index (χ4v) is 4.00. The van der Waals surface area contributed by atoms with Gasteiger partial charge in [-0.15, -0.1) is 11.3 Å². The lowest BCUT2D eigenvalue weighted by atomic mass is 9.93. The molecule has 0 spiro atoms. The van der Waals surface area contributed by atoms with E-state index in [1.807, 2.05) is 13.8 Å². The molecule has 0 unspecified atom stereocenters. The third-order valence-electron chi connectivity index (χ3n) is 4.29. The van der Waals surface area contributed by atoms with Gasteiger partial charge in [-0.05, 0) is 54.0 Å². The average molecular weight is 343 g/mol. The van der Waals surface area contributed by atoms with E-state index >= 15 is 0 Å². The van der Waals surface area contributed by atoms with E-state index in [0.717, 1.165) is 51.0 Å². The average Bonchev–Trinajstić information content (AvgIpc) is 3.40. The molecule has 126 valence electrons. The summed E-state index contributed by atoms with van der Waals surface area (Å²) in [5.41, 5.74) is 5.05. The molecule has 1 saturated carbocycles. The zero-order valence-corrected chi connectivity index (χ0v) is 15.1. The summed E-state index contributed by atoms with van der Waals surface area (Å²) in [5, 5.41) is 13.2. The van der Waals surface area contributed by atoms with Gasteiger partial charge in [0.25, 0.3) is 0 Å². The number of aryl methyl sites for hydroxylation is 1. The van der Waals surface area contributed by atoms with E-state index in [4.69, 9.17) is 4.98 Å². The van der Waals surface area contributed by atoms with Crippen molar-refractivity contribution in [1.29, 1.82) is 0 Å². The fourth-order valence-electron chi connectivity index (χ4n) is 3.06. The summed E-state index contributed by atoms with van der Waals surface area (Å²) >= 11 is 1.64. The highest BCUT2D eigenvalue weighted by molar-refractivity contribution is 7.17. The van der Waals surface area contributed by atoms with E-state index in [2.05, 4.69) is 12.3 Å². The van der Waals surface area contributed by atoms with Gasteiger partial charge >= 0.3 is 0 Å². The third-order valence-corrected chi connectivity index (χ3v) is 5.28. The molecular formula is C20H22FNOS. The molecule has 0 aliphatic heterocycles. The summed E-state index contributed by atoms with van der Waals surface area (Å²) in [6.45, 7) is 6.03. The second-order valence-electron chi connectivity index (χ2n) is 5.89. The van der Waals surface area contributed by atoms with Crippen LogP contribution in [0.5, 0.6) is 0 Å². The number of benzene rings is 1. The van der Waals surface area contributed by atoms with Gasteiger partial charge in [-0.2, -0.15) is 0 Å². The van der Waals surface area contributed by atoms with E-state index < -0.39 is 0 Å². The van der Waals surface area contributed by atoms with Gasteiger partial charge in [0.2, 0.25) is 0 Å². The lowest BCUT2D eigenvalue weighted by molar-refractivity contribution is 0.280. The Kier molecular flexibility index (Phi) is 4.97. The molecule has 0 bridgehead atoms. The number of halogens is 1. The number of hydrogen-bond donors (Lipinski definition) is 1. The molecule has 0 radical (unpaired) electrons. The summed E-state index contributed by atoms with van der Waals surface area (Å²) in [6, 6.07) is 6.52. The van der Waals surface area contributed by atoms with E-state index in [9.17, 15) is 9.50 Å². The number of aliphatic hydroxyl groups is 1. The molecule has 0 saturated heterocycles. The Balaban J connectivity index is 0.000000815. The molecule has 3 aromatic rings. The molecule has 1 N–H and O–H groups in total. The van der Waals surface area contributed by atoms with Crippen molar-refractivity contribution in [2.45, 2.75) is 46.1 Å². The van der Waals surface area contributed by atoms with Crippen LogP contribution >= 0.6 is 11.3 Å². The molecule has 1 aliphatic carbocycles. The number of aromatic nitrogens is 1. The van der Waals surface area contributed by atoms with Crippen molar-refractivity contribution in [3.8, 4) is 11.1 Å². The van der Waals surface area contributed by atoms with Gasteiger partial charge < -0.3 is 5.11 Å². The Morgan fingerprint density at radius 2 is 1.88 bits per heavy atom. The van der Waals surface area contributed by atoms with Crippen LogP contribution in [-0.4, -0.2) is 10.1 Å². The molecule has 2 nitrogen and oxygen atoms in total. The molecule has 1 fully saturated rings. The second-order valence-corrected chi connectivity index (χ2v) is 6.75. The molecule has 2 heterocycles. The summed E-state index contributed by atoms with van der Waals surface area (Å²) in [7, 11) is 0. The van der Waals surface area contributed by atoms with Gasteiger partial charge in [0.05, 0.1) is 12.3 Å². The molecule has 1 aromatic carbocycles. The van der Waals surface area contributed by atoms with Crippen molar-refractivity contribution in [2.75, 3.05) is 0 Å². The van der Waals surface area contributed by atoms with Crippen molar-refractivity contribution < 1.29 is 9.50 Å². The van der Waals surface area contributed by atoms with Crippen LogP contribution in [0.15, 0.2) is 29.6 Å². The Bertz CT molecular complexity index is 850. The number of pyridine rings is 1. The summed E-state index contributed by atoms with van der Waals surface area (Å²) < 4.78 is 13.3. The fraction of sp³-hybridized carbons (Fsp3) is 0.350. The van der Waals surface area contributed by atoms with Gasteiger partial charge in [0.15, 0.2) is 0 Å². The maximum absolute atomic E-state index is 13.3. The highest BCUT2D eigenvalue weighted by Crippen LogP contribution is 2.46. The van der Waals surface area contributed by atoms with Crippen molar-refractivity contribution >= 4 is 21.6 Å². The van der Waals surface area contributed by atoms with Gasteiger partial charge in [-0.3, -0.25) is 0 Å². The van der Waals surface area contributed by atoms with Gasteiger partial charge in [-0.1, -0.05) is 26.0 Å². The van der Waals surface area contributed by atoms with Crippen LogP contribution in [0, 0.1) is 12.7 Å². The topological polar surface area (TPSA) is 33.1 Å². The molecule has 1 aliphatic rings. The van der Waals surface area contributed by atoms with E-state index in [1.54, 1.807) is 23.5 Å². The second kappa shape index (κ2) is 6.99. The van der Waals surface area contributed by atoms with E-state index in [0.29, 0.717) is 5.92 Å². The predicted molar refractivity (Wildman–Crippen MR) is 99.0 cm³/mol. The smallest absolute Gasteiger partial charge is 0.124 e. The van der Waals surface area contributed by atoms with E-state index in [-0.39, 0.29) is 12.4 Å². The molecule has 0 atom stereocenters. The van der Waals surface area contributed by atoms with Crippen molar-refractivity contribution in [3.63, 3.8) is 0 Å². The molecule has 4 rings (SSSR count). The first-order chi connectivity index (χ1) is 11.7. The minimum Gasteiger partial charge on any atom is -0.392 e. The van der Waals surface area contributed by atoms with Crippen molar-refractivity contribution in [2.24, 2.45) is 0 Å². The quantitative estimate of drug-likeness (QED) is 0.651. The third kappa shape index (κ3) is 2.96. The zero-order valence-electron chi connectivity index (χ0n) is 14.3. The lowest BCUT2D eigenvalue weighted by Gasteiger charge is -2.15. The molecule has 0 amide bonds. The number of hydrogen-bond acceptors (Lipinski definition) is 3.